The normalized spacial score (nSPS) is 14.2. The van der Waals surface area contributed by atoms with Crippen LogP contribution in [-0.2, 0) is 11.0 Å². The largest absolute Gasteiger partial charge is 0.478 e. The third kappa shape index (κ3) is 4.66. The Hall–Kier alpha value is -4.44. The number of alkyl halides is 3. The molecular formula is C28H20F3N3O3S. The van der Waals surface area contributed by atoms with Gasteiger partial charge in [-0.25, -0.2) is 9.78 Å². The SMILES string of the molecule is Cc1ccc(-c2csc(N/C=C3\C(=O)N(c4cccc(C(=O)O)c4)c4cc(C(F)(F)F)ccc43)n2)cc1C. The van der Waals surface area contributed by atoms with Gasteiger partial charge in [-0.15, -0.1) is 11.3 Å². The van der Waals surface area contributed by atoms with E-state index in [-0.39, 0.29) is 28.1 Å². The van der Waals surface area contributed by atoms with Crippen LogP contribution in [0.15, 0.2) is 72.2 Å². The van der Waals surface area contributed by atoms with Gasteiger partial charge in [0, 0.05) is 22.7 Å². The highest BCUT2D eigenvalue weighted by Gasteiger charge is 2.38. The number of carbonyl (C=O) groups excluding carboxylic acids is 1. The van der Waals surface area contributed by atoms with Crippen LogP contribution in [0.25, 0.3) is 16.8 Å². The Kier molecular flexibility index (Phi) is 6.28. The number of nitrogens with zero attached hydrogens (tertiary/aromatic N) is 2. The molecule has 192 valence electrons. The number of amides is 1. The molecule has 0 bridgehead atoms. The molecule has 2 heterocycles. The van der Waals surface area contributed by atoms with Crippen molar-refractivity contribution < 1.29 is 27.9 Å². The summed E-state index contributed by atoms with van der Waals surface area (Å²) in [6, 6.07) is 14.6. The molecule has 1 amide bonds. The lowest BCUT2D eigenvalue weighted by atomic mass is 10.1. The van der Waals surface area contributed by atoms with Gasteiger partial charge in [-0.1, -0.05) is 24.3 Å². The molecule has 4 aromatic rings. The van der Waals surface area contributed by atoms with Crippen LogP contribution in [0, 0.1) is 13.8 Å². The van der Waals surface area contributed by atoms with E-state index < -0.39 is 23.6 Å². The number of benzene rings is 3. The van der Waals surface area contributed by atoms with Crippen LogP contribution in [0.2, 0.25) is 0 Å². The van der Waals surface area contributed by atoms with E-state index in [0.717, 1.165) is 39.4 Å². The lowest BCUT2D eigenvalue weighted by molar-refractivity contribution is -0.137. The second-order valence-corrected chi connectivity index (χ2v) is 9.62. The van der Waals surface area contributed by atoms with Crippen LogP contribution in [0.5, 0.6) is 0 Å². The first-order valence-electron chi connectivity index (χ1n) is 11.4. The average molecular weight is 536 g/mol. The first-order chi connectivity index (χ1) is 18.0. The molecule has 6 nitrogen and oxygen atoms in total. The number of anilines is 3. The summed E-state index contributed by atoms with van der Waals surface area (Å²) < 4.78 is 40.5. The van der Waals surface area contributed by atoms with Crippen molar-refractivity contribution in [2.75, 3.05) is 10.2 Å². The zero-order valence-electron chi connectivity index (χ0n) is 20.1. The van der Waals surface area contributed by atoms with Gasteiger partial charge in [-0.3, -0.25) is 9.69 Å². The Balaban J connectivity index is 1.52. The number of hydrogen-bond donors (Lipinski definition) is 2. The van der Waals surface area contributed by atoms with E-state index in [4.69, 9.17) is 0 Å². The smallest absolute Gasteiger partial charge is 0.416 e. The third-order valence-electron chi connectivity index (χ3n) is 6.29. The summed E-state index contributed by atoms with van der Waals surface area (Å²) in [6.07, 6.45) is -3.21. The summed E-state index contributed by atoms with van der Waals surface area (Å²) in [7, 11) is 0. The number of fused-ring (bicyclic) bond motifs is 1. The van der Waals surface area contributed by atoms with Gasteiger partial charge in [0.2, 0.25) is 0 Å². The van der Waals surface area contributed by atoms with Crippen molar-refractivity contribution in [3.05, 3.63) is 100 Å². The van der Waals surface area contributed by atoms with Crippen molar-refractivity contribution in [3.8, 4) is 11.3 Å². The number of nitrogens with one attached hydrogen (secondary N) is 1. The number of halogens is 3. The standard InChI is InChI=1S/C28H20F3N3O3S/c1-15-6-7-17(10-16(15)2)23-14-38-27(33-23)32-13-22-21-9-8-19(28(29,30)31)12-24(21)34(25(22)35)20-5-3-4-18(11-20)26(36)37/h3-14H,1-2H3,(H,32,33)(H,36,37)/b22-13-. The summed E-state index contributed by atoms with van der Waals surface area (Å²) in [6.45, 7) is 4.04. The molecule has 0 fully saturated rings. The number of carbonyl (C=O) groups is 2. The summed E-state index contributed by atoms with van der Waals surface area (Å²) >= 11 is 1.32. The Morgan fingerprint density at radius 2 is 1.84 bits per heavy atom. The summed E-state index contributed by atoms with van der Waals surface area (Å²) in [5.41, 5.74) is 3.52. The number of carboxylic acid groups (broad SMARTS) is 1. The Bertz CT molecular complexity index is 1630. The Morgan fingerprint density at radius 3 is 2.55 bits per heavy atom. The van der Waals surface area contributed by atoms with E-state index in [0.29, 0.717) is 5.13 Å². The molecule has 0 saturated heterocycles. The molecule has 0 unspecified atom stereocenters. The molecule has 0 spiro atoms. The number of hydrogen-bond acceptors (Lipinski definition) is 5. The molecule has 1 aromatic heterocycles. The predicted octanol–water partition coefficient (Wildman–Crippen LogP) is 7.28. The average Bonchev–Trinajstić information content (AvgIpc) is 3.45. The minimum absolute atomic E-state index is 0.00960. The van der Waals surface area contributed by atoms with Crippen LogP contribution < -0.4 is 10.2 Å². The molecular weight excluding hydrogens is 515 g/mol. The predicted molar refractivity (Wildman–Crippen MR) is 141 cm³/mol. The number of aromatic carboxylic acids is 1. The number of aromatic nitrogens is 1. The monoisotopic (exact) mass is 535 g/mol. The zero-order valence-corrected chi connectivity index (χ0v) is 20.9. The van der Waals surface area contributed by atoms with Crippen LogP contribution >= 0.6 is 11.3 Å². The maximum absolute atomic E-state index is 13.5. The first kappa shape index (κ1) is 25.2. The molecule has 0 aliphatic carbocycles. The van der Waals surface area contributed by atoms with Gasteiger partial charge in [-0.2, -0.15) is 13.2 Å². The molecule has 38 heavy (non-hydrogen) atoms. The highest BCUT2D eigenvalue weighted by molar-refractivity contribution is 7.14. The van der Waals surface area contributed by atoms with Crippen molar-refractivity contribution in [2.24, 2.45) is 0 Å². The van der Waals surface area contributed by atoms with Gasteiger partial charge < -0.3 is 10.4 Å². The maximum atomic E-state index is 13.5. The van der Waals surface area contributed by atoms with Crippen LogP contribution in [0.4, 0.5) is 29.7 Å². The van der Waals surface area contributed by atoms with Gasteiger partial charge in [0.15, 0.2) is 5.13 Å². The quantitative estimate of drug-likeness (QED) is 0.263. The minimum Gasteiger partial charge on any atom is -0.478 e. The van der Waals surface area contributed by atoms with E-state index in [1.165, 1.54) is 47.9 Å². The van der Waals surface area contributed by atoms with Crippen molar-refractivity contribution in [2.45, 2.75) is 20.0 Å². The first-order valence-corrected chi connectivity index (χ1v) is 12.3. The fourth-order valence-electron chi connectivity index (χ4n) is 4.15. The lowest BCUT2D eigenvalue weighted by Gasteiger charge is -2.19. The van der Waals surface area contributed by atoms with Gasteiger partial charge in [-0.05, 0) is 61.4 Å². The zero-order chi connectivity index (χ0) is 27.2. The van der Waals surface area contributed by atoms with E-state index >= 15 is 0 Å². The fraction of sp³-hybridized carbons (Fsp3) is 0.107. The second kappa shape index (κ2) is 9.46. The molecule has 10 heteroatoms. The molecule has 5 rings (SSSR count). The molecule has 0 radical (unpaired) electrons. The molecule has 2 N–H and O–H groups in total. The number of thiazole rings is 1. The fourth-order valence-corrected chi connectivity index (χ4v) is 4.84. The van der Waals surface area contributed by atoms with Gasteiger partial charge in [0.25, 0.3) is 5.91 Å². The number of rotatable bonds is 5. The summed E-state index contributed by atoms with van der Waals surface area (Å²) in [5.74, 6) is -1.82. The third-order valence-corrected chi connectivity index (χ3v) is 7.06. The van der Waals surface area contributed by atoms with Gasteiger partial charge in [0.05, 0.1) is 33.8 Å². The van der Waals surface area contributed by atoms with Crippen molar-refractivity contribution in [1.29, 1.82) is 0 Å². The second-order valence-electron chi connectivity index (χ2n) is 8.77. The molecule has 1 aliphatic heterocycles. The molecule has 0 saturated carbocycles. The maximum Gasteiger partial charge on any atom is 0.416 e. The lowest BCUT2D eigenvalue weighted by Crippen LogP contribution is -2.21. The molecule has 3 aromatic carbocycles. The molecule has 1 aliphatic rings. The Labute approximate surface area is 219 Å². The van der Waals surface area contributed by atoms with E-state index in [9.17, 15) is 27.9 Å². The van der Waals surface area contributed by atoms with Gasteiger partial charge in [0.1, 0.15) is 0 Å². The van der Waals surface area contributed by atoms with E-state index in [1.54, 1.807) is 0 Å². The van der Waals surface area contributed by atoms with Gasteiger partial charge >= 0.3 is 12.1 Å². The van der Waals surface area contributed by atoms with Crippen molar-refractivity contribution >= 4 is 45.3 Å². The van der Waals surface area contributed by atoms with Crippen LogP contribution in [-0.4, -0.2) is 22.0 Å². The van der Waals surface area contributed by atoms with Crippen molar-refractivity contribution in [1.82, 2.24) is 4.98 Å². The number of carboxylic acids is 1. The molecule has 0 atom stereocenters. The highest BCUT2D eigenvalue weighted by Crippen LogP contribution is 2.44. The highest BCUT2D eigenvalue weighted by atomic mass is 32.1. The Morgan fingerprint density at radius 1 is 1.05 bits per heavy atom. The number of aryl methyl sites for hydroxylation is 2. The summed E-state index contributed by atoms with van der Waals surface area (Å²) in [5, 5.41) is 14.7. The topological polar surface area (TPSA) is 82.5 Å². The summed E-state index contributed by atoms with van der Waals surface area (Å²) in [4.78, 5) is 30.6. The van der Waals surface area contributed by atoms with Crippen LogP contribution in [0.3, 0.4) is 0 Å². The van der Waals surface area contributed by atoms with Crippen LogP contribution in [0.1, 0.15) is 32.6 Å². The van der Waals surface area contributed by atoms with Crippen molar-refractivity contribution in [3.63, 3.8) is 0 Å². The minimum atomic E-state index is -4.62. The van der Waals surface area contributed by atoms with E-state index in [2.05, 4.69) is 10.3 Å². The van der Waals surface area contributed by atoms with E-state index in [1.807, 2.05) is 37.4 Å².